The van der Waals surface area contributed by atoms with Gasteiger partial charge in [0.25, 0.3) is 0 Å². The van der Waals surface area contributed by atoms with Gasteiger partial charge in [0.1, 0.15) is 5.82 Å². The Labute approximate surface area is 83.8 Å². The van der Waals surface area contributed by atoms with Crippen LogP contribution in [0.15, 0.2) is 18.3 Å². The third-order valence-corrected chi connectivity index (χ3v) is 1.79. The summed E-state index contributed by atoms with van der Waals surface area (Å²) in [6.07, 6.45) is 1.50. The quantitative estimate of drug-likeness (QED) is 0.803. The van der Waals surface area contributed by atoms with Crippen molar-refractivity contribution in [2.45, 2.75) is 20.4 Å². The van der Waals surface area contributed by atoms with Crippen molar-refractivity contribution < 1.29 is 10.6 Å². The molecule has 1 aromatic rings. The minimum Gasteiger partial charge on any atom is -0.350 e. The summed E-state index contributed by atoms with van der Waals surface area (Å²) in [6, 6.07) is 2.84. The molecule has 0 aromatic carbocycles. The first-order chi connectivity index (χ1) is 6.61. The summed E-state index contributed by atoms with van der Waals surface area (Å²) in [5.74, 6) is -0.589. The molecule has 14 heavy (non-hydrogen) atoms. The van der Waals surface area contributed by atoms with Gasteiger partial charge in [0.05, 0.1) is 12.2 Å². The Bertz CT molecular complexity index is 331. The molecule has 0 atom stereocenters. The number of halogens is 1. The lowest BCUT2D eigenvalue weighted by Crippen LogP contribution is -2.27. The third kappa shape index (κ3) is 2.80. The van der Waals surface area contributed by atoms with Crippen LogP contribution in [0.1, 0.15) is 21.0 Å². The van der Waals surface area contributed by atoms with Crippen molar-refractivity contribution in [3.8, 4) is 0 Å². The number of nitrogens with one attached hydrogen (secondary N) is 1. The third-order valence-electron chi connectivity index (χ3n) is 1.79. The van der Waals surface area contributed by atoms with Gasteiger partial charge in [-0.05, 0) is 12.1 Å². The van der Waals surface area contributed by atoms with E-state index in [1.54, 1.807) is 13.8 Å². The molecule has 4 heteroatoms. The number of pyridine rings is 1. The van der Waals surface area contributed by atoms with E-state index in [0.717, 1.165) is 0 Å². The second kappa shape index (κ2) is 4.69. The van der Waals surface area contributed by atoms with Gasteiger partial charge < -0.3 is 5.32 Å². The first-order valence-electron chi connectivity index (χ1n) is 4.48. The Kier molecular flexibility index (Phi) is 3.56. The molecule has 0 fully saturated rings. The highest BCUT2D eigenvalue weighted by Gasteiger charge is 2.08. The van der Waals surface area contributed by atoms with Crippen molar-refractivity contribution in [2.24, 2.45) is 5.92 Å². The van der Waals surface area contributed by atoms with E-state index in [1.165, 1.54) is 18.3 Å². The van der Waals surface area contributed by atoms with Crippen LogP contribution in [0.25, 0.3) is 0 Å². The largest absolute Gasteiger partial charge is 0.350 e. The van der Waals surface area contributed by atoms with Gasteiger partial charge >= 0.3 is 0 Å². The molecular formula is C10H15FN2O. The molecule has 0 unspecified atom stereocenters. The van der Waals surface area contributed by atoms with Crippen molar-refractivity contribution in [1.82, 2.24) is 10.3 Å². The minimum atomic E-state index is -0.392. The standard InChI is InChI=1S/C10H13FN2O.H2/c1-7(2)10(14)13-6-9-8(11)4-3-5-12-9;/h3-5,7H,6H2,1-2H3,(H,13,14);1H. The first-order valence-corrected chi connectivity index (χ1v) is 4.48. The van der Waals surface area contributed by atoms with Crippen molar-refractivity contribution in [2.75, 3.05) is 0 Å². The normalized spacial score (nSPS) is 10.3. The molecule has 0 aliphatic heterocycles. The Morgan fingerprint density at radius 2 is 2.43 bits per heavy atom. The molecular weight excluding hydrogens is 183 g/mol. The molecule has 1 amide bonds. The lowest BCUT2D eigenvalue weighted by Gasteiger charge is -2.07. The highest BCUT2D eigenvalue weighted by Crippen LogP contribution is 2.02. The molecule has 0 saturated carbocycles. The predicted octanol–water partition coefficient (Wildman–Crippen LogP) is 1.74. The number of amides is 1. The molecule has 0 saturated heterocycles. The molecule has 0 radical (unpaired) electrons. The molecule has 3 nitrogen and oxygen atoms in total. The molecule has 0 bridgehead atoms. The maximum atomic E-state index is 13.0. The van der Waals surface area contributed by atoms with Gasteiger partial charge in [0.15, 0.2) is 0 Å². The maximum Gasteiger partial charge on any atom is 0.222 e. The highest BCUT2D eigenvalue weighted by atomic mass is 19.1. The van der Waals surface area contributed by atoms with Gasteiger partial charge in [-0.1, -0.05) is 13.8 Å². The summed E-state index contributed by atoms with van der Waals surface area (Å²) in [5.41, 5.74) is 0.265. The van der Waals surface area contributed by atoms with E-state index in [-0.39, 0.29) is 25.5 Å². The zero-order chi connectivity index (χ0) is 10.6. The van der Waals surface area contributed by atoms with E-state index in [9.17, 15) is 9.18 Å². The average Bonchev–Trinajstić information content (AvgIpc) is 2.16. The fourth-order valence-corrected chi connectivity index (χ4v) is 0.923. The zero-order valence-corrected chi connectivity index (χ0v) is 8.25. The van der Waals surface area contributed by atoms with Crippen LogP contribution in [0.4, 0.5) is 4.39 Å². The second-order valence-corrected chi connectivity index (χ2v) is 3.30. The number of carbonyl (C=O) groups excluding carboxylic acids is 1. The van der Waals surface area contributed by atoms with Crippen LogP contribution in [0, 0.1) is 11.7 Å². The molecule has 0 aliphatic rings. The van der Waals surface area contributed by atoms with Gasteiger partial charge in [0.2, 0.25) is 5.91 Å². The molecule has 0 spiro atoms. The number of rotatable bonds is 3. The summed E-state index contributed by atoms with van der Waals surface area (Å²) in [7, 11) is 0. The summed E-state index contributed by atoms with van der Waals surface area (Å²) < 4.78 is 13.0. The van der Waals surface area contributed by atoms with Crippen molar-refractivity contribution in [3.05, 3.63) is 29.8 Å². The summed E-state index contributed by atoms with van der Waals surface area (Å²) >= 11 is 0. The zero-order valence-electron chi connectivity index (χ0n) is 8.25. The van der Waals surface area contributed by atoms with E-state index in [1.807, 2.05) is 0 Å². The van der Waals surface area contributed by atoms with Crippen molar-refractivity contribution >= 4 is 5.91 Å². The van der Waals surface area contributed by atoms with E-state index in [4.69, 9.17) is 0 Å². The summed E-state index contributed by atoms with van der Waals surface area (Å²) in [6.45, 7) is 3.71. The number of aromatic nitrogens is 1. The van der Waals surface area contributed by atoms with Gasteiger partial charge in [-0.2, -0.15) is 0 Å². The fourth-order valence-electron chi connectivity index (χ4n) is 0.923. The summed E-state index contributed by atoms with van der Waals surface area (Å²) in [4.78, 5) is 15.0. The van der Waals surface area contributed by atoms with Crippen LogP contribution in [0.2, 0.25) is 0 Å². The monoisotopic (exact) mass is 198 g/mol. The van der Waals surface area contributed by atoms with Gasteiger partial charge in [-0.25, -0.2) is 4.39 Å². The van der Waals surface area contributed by atoms with Crippen LogP contribution < -0.4 is 5.32 Å². The summed E-state index contributed by atoms with van der Waals surface area (Å²) in [5, 5.41) is 2.60. The Morgan fingerprint density at radius 1 is 1.71 bits per heavy atom. The van der Waals surface area contributed by atoms with Crippen molar-refractivity contribution in [1.29, 1.82) is 0 Å². The van der Waals surface area contributed by atoms with Crippen molar-refractivity contribution in [3.63, 3.8) is 0 Å². The number of hydrogen-bond donors (Lipinski definition) is 1. The Hall–Kier alpha value is -1.45. The van der Waals surface area contributed by atoms with Crippen LogP contribution in [-0.4, -0.2) is 10.9 Å². The SMILES string of the molecule is CC(C)C(=O)NCc1ncccc1F.[HH]. The van der Waals surface area contributed by atoms with Crippen LogP contribution in [-0.2, 0) is 11.3 Å². The minimum absolute atomic E-state index is 0. The lowest BCUT2D eigenvalue weighted by atomic mass is 10.2. The lowest BCUT2D eigenvalue weighted by molar-refractivity contribution is -0.124. The van der Waals surface area contributed by atoms with Gasteiger partial charge in [-0.3, -0.25) is 9.78 Å². The number of carbonyl (C=O) groups is 1. The molecule has 78 valence electrons. The molecule has 1 rings (SSSR count). The van der Waals surface area contributed by atoms with Crippen LogP contribution >= 0.6 is 0 Å². The fraction of sp³-hybridized carbons (Fsp3) is 0.400. The predicted molar refractivity (Wildman–Crippen MR) is 53.0 cm³/mol. The van der Waals surface area contributed by atoms with Crippen LogP contribution in [0.5, 0.6) is 0 Å². The highest BCUT2D eigenvalue weighted by molar-refractivity contribution is 5.77. The molecule has 1 heterocycles. The second-order valence-electron chi connectivity index (χ2n) is 3.30. The van der Waals surface area contributed by atoms with Gasteiger partial charge in [0, 0.05) is 13.5 Å². The van der Waals surface area contributed by atoms with E-state index in [0.29, 0.717) is 0 Å². The topological polar surface area (TPSA) is 42.0 Å². The average molecular weight is 198 g/mol. The smallest absolute Gasteiger partial charge is 0.222 e. The number of nitrogens with zero attached hydrogens (tertiary/aromatic N) is 1. The van der Waals surface area contributed by atoms with E-state index >= 15 is 0 Å². The molecule has 0 aliphatic carbocycles. The molecule has 1 N–H and O–H groups in total. The van der Waals surface area contributed by atoms with E-state index < -0.39 is 5.82 Å². The van der Waals surface area contributed by atoms with Gasteiger partial charge in [-0.15, -0.1) is 0 Å². The maximum absolute atomic E-state index is 13.0. The molecule has 1 aromatic heterocycles. The van der Waals surface area contributed by atoms with Crippen LogP contribution in [0.3, 0.4) is 0 Å². The van der Waals surface area contributed by atoms with E-state index in [2.05, 4.69) is 10.3 Å². The Balaban J connectivity index is 0.00000196. The Morgan fingerprint density at radius 3 is 3.00 bits per heavy atom. The number of hydrogen-bond acceptors (Lipinski definition) is 2. The first kappa shape index (κ1) is 10.6.